The van der Waals surface area contributed by atoms with Gasteiger partial charge in [0.05, 0.1) is 17.0 Å². The van der Waals surface area contributed by atoms with Crippen molar-refractivity contribution < 1.29 is 33.8 Å². The minimum atomic E-state index is -1.13. The Morgan fingerprint density at radius 3 is 2.42 bits per heavy atom. The fourth-order valence-corrected chi connectivity index (χ4v) is 6.62. The first-order chi connectivity index (χ1) is 21.2. The van der Waals surface area contributed by atoms with Gasteiger partial charge in [-0.3, -0.25) is 9.59 Å². The molecule has 3 N–H and O–H groups in total. The van der Waals surface area contributed by atoms with Crippen molar-refractivity contribution >= 4 is 61.9 Å². The number of carboxylic acid groups (broad SMARTS) is 1. The molecule has 2 aromatic heterocycles. The molecule has 2 unspecified atom stereocenters. The molecular formula is C34H39N3O7S. The molecule has 2 heterocycles. The highest BCUT2D eigenvalue weighted by atomic mass is 32.1. The van der Waals surface area contributed by atoms with E-state index in [2.05, 4.69) is 15.6 Å². The van der Waals surface area contributed by atoms with Crippen LogP contribution in [0.15, 0.2) is 42.5 Å². The molecule has 0 spiro atoms. The lowest BCUT2D eigenvalue weighted by molar-refractivity contribution is -0.140. The Morgan fingerprint density at radius 2 is 1.78 bits per heavy atom. The zero-order valence-corrected chi connectivity index (χ0v) is 27.4. The van der Waals surface area contributed by atoms with Crippen molar-refractivity contribution in [2.75, 3.05) is 12.4 Å². The van der Waals surface area contributed by atoms with E-state index in [-0.39, 0.29) is 17.6 Å². The zero-order chi connectivity index (χ0) is 33.1. The number of aliphatic carboxylic acids is 1. The van der Waals surface area contributed by atoms with E-state index < -0.39 is 23.7 Å². The normalized spacial score (nSPS) is 13.0. The number of aryl methyl sites for hydroxylation is 2. The van der Waals surface area contributed by atoms with E-state index >= 15 is 0 Å². The number of hydrogen-bond acceptors (Lipinski definition) is 8. The first-order valence-corrected chi connectivity index (χ1v) is 15.5. The van der Waals surface area contributed by atoms with E-state index in [1.165, 1.54) is 18.3 Å². The number of fused-ring (bicyclic) bond motifs is 2. The smallest absolute Gasteiger partial charge is 0.408 e. The molecule has 45 heavy (non-hydrogen) atoms. The molecule has 11 heteroatoms. The number of pyridine rings is 1. The van der Waals surface area contributed by atoms with Gasteiger partial charge in [0.1, 0.15) is 17.5 Å². The van der Waals surface area contributed by atoms with Crippen molar-refractivity contribution in [3.63, 3.8) is 0 Å². The van der Waals surface area contributed by atoms with Gasteiger partial charge in [0.25, 0.3) is 5.91 Å². The van der Waals surface area contributed by atoms with Crippen molar-refractivity contribution in [2.24, 2.45) is 5.92 Å². The first-order valence-electron chi connectivity index (χ1n) is 14.7. The van der Waals surface area contributed by atoms with Gasteiger partial charge in [-0.25, -0.2) is 14.6 Å². The largest absolute Gasteiger partial charge is 0.480 e. The summed E-state index contributed by atoms with van der Waals surface area (Å²) >= 11 is 1.28. The minimum absolute atomic E-state index is 0.0728. The van der Waals surface area contributed by atoms with E-state index in [0.717, 1.165) is 32.2 Å². The van der Waals surface area contributed by atoms with E-state index in [1.807, 2.05) is 37.3 Å². The lowest BCUT2D eigenvalue weighted by Gasteiger charge is -2.25. The fourth-order valence-electron chi connectivity index (χ4n) is 5.31. The number of carbonyl (C=O) groups excluding carboxylic acids is 3. The lowest BCUT2D eigenvalue weighted by Crippen LogP contribution is -2.47. The summed E-state index contributed by atoms with van der Waals surface area (Å²) in [7, 11) is 1.61. The third-order valence-corrected chi connectivity index (χ3v) is 8.81. The molecule has 0 fully saturated rings. The second-order valence-electron chi connectivity index (χ2n) is 12.1. The van der Waals surface area contributed by atoms with E-state index in [4.69, 9.17) is 9.47 Å². The van der Waals surface area contributed by atoms with Crippen LogP contribution in [0.25, 0.3) is 21.0 Å². The summed E-state index contributed by atoms with van der Waals surface area (Å²) in [6.45, 7) is 10.7. The summed E-state index contributed by atoms with van der Waals surface area (Å²) in [6.07, 6.45) is 0.268. The highest BCUT2D eigenvalue weighted by molar-refractivity contribution is 7.21. The third-order valence-electron chi connectivity index (χ3n) is 7.49. The predicted octanol–water partition coefficient (Wildman–Crippen LogP) is 6.91. The number of nitrogens with zero attached hydrogens (tertiary/aromatic N) is 1. The van der Waals surface area contributed by atoms with Gasteiger partial charge >= 0.3 is 12.1 Å². The van der Waals surface area contributed by atoms with Crippen LogP contribution in [0.4, 0.5) is 10.6 Å². The summed E-state index contributed by atoms with van der Waals surface area (Å²) in [5, 5.41) is 16.9. The molecule has 238 valence electrons. The maximum Gasteiger partial charge on any atom is 0.408 e. The van der Waals surface area contributed by atoms with Gasteiger partial charge in [0.2, 0.25) is 0 Å². The number of anilines is 1. The van der Waals surface area contributed by atoms with Crippen LogP contribution in [-0.4, -0.2) is 52.6 Å². The molecule has 10 nitrogen and oxygen atoms in total. The topological polar surface area (TPSA) is 144 Å². The second kappa shape index (κ2) is 13.7. The quantitative estimate of drug-likeness (QED) is 0.151. The van der Waals surface area contributed by atoms with Gasteiger partial charge in [-0.05, 0) is 94.3 Å². The third kappa shape index (κ3) is 7.84. The Labute approximate surface area is 266 Å². The van der Waals surface area contributed by atoms with Crippen LogP contribution >= 0.6 is 11.3 Å². The SMILES string of the molecule is COCc1ccc(C(C)=O)c2sc(C(=O)Nc3ccc4c(CCC(C)C(NC(=O)OC(C)(C)C)C(=O)O)cccc4n3)c(C)c12. The van der Waals surface area contributed by atoms with Crippen LogP contribution in [-0.2, 0) is 27.3 Å². The van der Waals surface area contributed by atoms with Gasteiger partial charge in [-0.1, -0.05) is 25.1 Å². The number of aromatic nitrogens is 1. The average molecular weight is 634 g/mol. The predicted molar refractivity (Wildman–Crippen MR) is 175 cm³/mol. The molecule has 2 atom stereocenters. The van der Waals surface area contributed by atoms with E-state index in [0.29, 0.717) is 41.2 Å². The summed E-state index contributed by atoms with van der Waals surface area (Å²) in [5.74, 6) is -1.52. The minimum Gasteiger partial charge on any atom is -0.480 e. The van der Waals surface area contributed by atoms with Gasteiger partial charge in [0.15, 0.2) is 5.78 Å². The van der Waals surface area contributed by atoms with Crippen molar-refractivity contribution in [2.45, 2.75) is 72.6 Å². The Morgan fingerprint density at radius 1 is 1.04 bits per heavy atom. The summed E-state index contributed by atoms with van der Waals surface area (Å²) in [6, 6.07) is 11.8. The molecule has 4 rings (SSSR count). The number of alkyl carbamates (subject to hydrolysis) is 1. The van der Waals surface area contributed by atoms with E-state index in [1.54, 1.807) is 46.9 Å². The molecule has 0 aliphatic carbocycles. The van der Waals surface area contributed by atoms with Crippen LogP contribution in [0, 0.1) is 12.8 Å². The number of ketones is 1. The molecular weight excluding hydrogens is 594 g/mol. The van der Waals surface area contributed by atoms with Crippen LogP contribution < -0.4 is 10.6 Å². The van der Waals surface area contributed by atoms with Crippen molar-refractivity contribution in [3.05, 3.63) is 69.6 Å². The van der Waals surface area contributed by atoms with Gasteiger partial charge in [-0.15, -0.1) is 11.3 Å². The summed E-state index contributed by atoms with van der Waals surface area (Å²) < 4.78 is 11.4. The fraction of sp³-hybridized carbons (Fsp3) is 0.382. The Bertz CT molecular complexity index is 1770. The number of Topliss-reactive ketones (excluding diaryl/α,β-unsaturated/α-hetero) is 1. The lowest BCUT2D eigenvalue weighted by atomic mass is 9.93. The number of carboxylic acids is 1. The Kier molecular flexibility index (Phi) is 10.2. The molecule has 0 aliphatic heterocycles. The Balaban J connectivity index is 1.52. The number of benzene rings is 2. The van der Waals surface area contributed by atoms with Crippen LogP contribution in [0.1, 0.15) is 77.8 Å². The monoisotopic (exact) mass is 633 g/mol. The van der Waals surface area contributed by atoms with Crippen molar-refractivity contribution in [1.82, 2.24) is 10.3 Å². The number of amides is 2. The number of thiophene rings is 1. The number of nitrogens with one attached hydrogen (secondary N) is 2. The number of ether oxygens (including phenoxy) is 2. The average Bonchev–Trinajstić information content (AvgIpc) is 3.31. The molecule has 0 aliphatic rings. The van der Waals surface area contributed by atoms with Crippen LogP contribution in [0.3, 0.4) is 0 Å². The maximum atomic E-state index is 13.5. The molecule has 2 aromatic carbocycles. The summed E-state index contributed by atoms with van der Waals surface area (Å²) in [4.78, 5) is 55.1. The van der Waals surface area contributed by atoms with Crippen LogP contribution in [0.5, 0.6) is 0 Å². The molecule has 0 radical (unpaired) electrons. The standard InChI is InChI=1S/C34H39N3O7S/c1-18(28(32(40)41)37-33(42)44-34(4,5)6)11-12-21-9-8-10-25-24(21)15-16-26(35-25)36-31(39)29-19(2)27-22(17-43-7)13-14-23(20(3)38)30(27)45-29/h8-10,13-16,18,28H,11-12,17H2,1-7H3,(H,37,42)(H,40,41)(H,35,36,39). The number of rotatable bonds is 11. The molecule has 0 saturated carbocycles. The number of hydrogen-bond donors (Lipinski definition) is 3. The number of carbonyl (C=O) groups is 4. The zero-order valence-electron chi connectivity index (χ0n) is 26.6. The molecule has 0 saturated heterocycles. The van der Waals surface area contributed by atoms with Crippen molar-refractivity contribution in [1.29, 1.82) is 0 Å². The highest BCUT2D eigenvalue weighted by Crippen LogP contribution is 2.37. The first kappa shape index (κ1) is 33.5. The number of methoxy groups -OCH3 is 1. The van der Waals surface area contributed by atoms with Gasteiger partial charge < -0.3 is 25.2 Å². The van der Waals surface area contributed by atoms with Gasteiger partial charge in [0, 0.05) is 28.1 Å². The highest BCUT2D eigenvalue weighted by Gasteiger charge is 2.29. The van der Waals surface area contributed by atoms with Crippen molar-refractivity contribution in [3.8, 4) is 0 Å². The Hall–Kier alpha value is -4.35. The molecule has 4 aromatic rings. The van der Waals surface area contributed by atoms with E-state index in [9.17, 15) is 24.3 Å². The van der Waals surface area contributed by atoms with Gasteiger partial charge in [-0.2, -0.15) is 0 Å². The maximum absolute atomic E-state index is 13.5. The summed E-state index contributed by atoms with van der Waals surface area (Å²) in [5.41, 5.74) is 3.15. The molecule has 2 amide bonds. The second-order valence-corrected chi connectivity index (χ2v) is 13.2. The molecule has 0 bridgehead atoms. The van der Waals surface area contributed by atoms with Crippen LogP contribution in [0.2, 0.25) is 0 Å².